The molecule has 3 heterocycles. The molecule has 0 spiro atoms. The first-order valence-electron chi connectivity index (χ1n) is 9.22. The first kappa shape index (κ1) is 19.5. The van der Waals surface area contributed by atoms with Gasteiger partial charge in [0.05, 0.1) is 29.5 Å². The molecule has 1 aromatic carbocycles. The summed E-state index contributed by atoms with van der Waals surface area (Å²) in [5, 5.41) is 7.46. The van der Waals surface area contributed by atoms with E-state index >= 15 is 0 Å². The van der Waals surface area contributed by atoms with Gasteiger partial charge in [-0.25, -0.2) is 18.4 Å². The number of aromatic nitrogens is 4. The zero-order valence-corrected chi connectivity index (χ0v) is 17.1. The molecule has 0 saturated carbocycles. The fourth-order valence-corrected chi connectivity index (χ4v) is 4.60. The Hall–Kier alpha value is -2.82. The van der Waals surface area contributed by atoms with Crippen molar-refractivity contribution in [1.82, 2.24) is 24.1 Å². The molecule has 29 heavy (non-hydrogen) atoms. The van der Waals surface area contributed by atoms with E-state index in [1.807, 2.05) is 26.2 Å². The van der Waals surface area contributed by atoms with Gasteiger partial charge < -0.3 is 10.1 Å². The van der Waals surface area contributed by atoms with E-state index in [0.717, 1.165) is 17.0 Å². The lowest BCUT2D eigenvalue weighted by molar-refractivity contribution is 0.0730. The maximum atomic E-state index is 12.7. The van der Waals surface area contributed by atoms with E-state index < -0.39 is 10.0 Å². The first-order chi connectivity index (χ1) is 13.9. The van der Waals surface area contributed by atoms with Crippen molar-refractivity contribution in [3.05, 3.63) is 48.4 Å². The predicted octanol–water partition coefficient (Wildman–Crippen LogP) is 1.95. The largest absolute Gasteiger partial charge is 0.379 e. The molecule has 2 aromatic heterocycles. The Bertz CT molecular complexity index is 1110. The summed E-state index contributed by atoms with van der Waals surface area (Å²) >= 11 is 0. The summed E-state index contributed by atoms with van der Waals surface area (Å²) in [5.41, 5.74) is 3.28. The number of hydrogen-bond acceptors (Lipinski definition) is 7. The van der Waals surface area contributed by atoms with Gasteiger partial charge in [0.15, 0.2) is 0 Å². The zero-order valence-electron chi connectivity index (χ0n) is 16.2. The molecule has 3 aromatic rings. The quantitative estimate of drug-likeness (QED) is 0.681. The Morgan fingerprint density at radius 1 is 1.10 bits per heavy atom. The molecule has 0 aliphatic carbocycles. The number of benzene rings is 1. The highest BCUT2D eigenvalue weighted by atomic mass is 32.2. The van der Waals surface area contributed by atoms with Gasteiger partial charge in [0, 0.05) is 43.8 Å². The molecule has 0 bridgehead atoms. The lowest BCUT2D eigenvalue weighted by atomic mass is 10.2. The van der Waals surface area contributed by atoms with Gasteiger partial charge in [-0.1, -0.05) is 0 Å². The van der Waals surface area contributed by atoms with E-state index in [4.69, 9.17) is 4.74 Å². The maximum Gasteiger partial charge on any atom is 0.243 e. The summed E-state index contributed by atoms with van der Waals surface area (Å²) in [7, 11) is -1.65. The molecule has 0 amide bonds. The number of ether oxygens (including phenoxy) is 1. The van der Waals surface area contributed by atoms with Crippen LogP contribution in [-0.4, -0.2) is 58.8 Å². The first-order valence-corrected chi connectivity index (χ1v) is 10.7. The summed E-state index contributed by atoms with van der Waals surface area (Å²) in [6.45, 7) is 3.51. The third kappa shape index (κ3) is 4.14. The van der Waals surface area contributed by atoms with Crippen LogP contribution in [-0.2, 0) is 21.8 Å². The number of nitrogens with zero attached hydrogens (tertiary/aromatic N) is 5. The minimum atomic E-state index is -3.51. The van der Waals surface area contributed by atoms with Crippen molar-refractivity contribution in [1.29, 1.82) is 0 Å². The fourth-order valence-electron chi connectivity index (χ4n) is 3.20. The Kier molecular flexibility index (Phi) is 5.31. The van der Waals surface area contributed by atoms with Crippen LogP contribution in [0.3, 0.4) is 0 Å². The molecule has 1 aliphatic rings. The average molecular weight is 414 g/mol. The molecular weight excluding hydrogens is 392 g/mol. The average Bonchev–Trinajstić information content (AvgIpc) is 3.07. The van der Waals surface area contributed by atoms with Crippen molar-refractivity contribution in [2.24, 2.45) is 7.05 Å². The summed E-state index contributed by atoms with van der Waals surface area (Å²) < 4.78 is 33.8. The van der Waals surface area contributed by atoms with Gasteiger partial charge in [0.25, 0.3) is 0 Å². The van der Waals surface area contributed by atoms with Crippen molar-refractivity contribution >= 4 is 21.7 Å². The van der Waals surface area contributed by atoms with E-state index in [1.54, 1.807) is 35.1 Å². The van der Waals surface area contributed by atoms with Gasteiger partial charge in [0.1, 0.15) is 0 Å². The summed E-state index contributed by atoms with van der Waals surface area (Å²) in [6.07, 6.45) is 3.58. The summed E-state index contributed by atoms with van der Waals surface area (Å²) in [6, 6.07) is 8.41. The Balaban J connectivity index is 1.52. The minimum absolute atomic E-state index is 0.255. The molecule has 1 N–H and O–H groups in total. The predicted molar refractivity (Wildman–Crippen MR) is 108 cm³/mol. The third-order valence-electron chi connectivity index (χ3n) is 4.66. The molecule has 0 unspecified atom stereocenters. The van der Waals surface area contributed by atoms with E-state index in [2.05, 4.69) is 20.4 Å². The number of anilines is 2. The van der Waals surface area contributed by atoms with Crippen molar-refractivity contribution in [2.45, 2.75) is 11.8 Å². The second kappa shape index (κ2) is 7.90. The number of rotatable bonds is 5. The van der Waals surface area contributed by atoms with Crippen LogP contribution in [0.2, 0.25) is 0 Å². The SMILES string of the molecule is Cc1nn(C)cc1-c1ccnc(Nc2ccc(S(=O)(=O)N3CCOCC3)cc2)n1. The van der Waals surface area contributed by atoms with Crippen LogP contribution in [0, 0.1) is 6.92 Å². The molecule has 152 valence electrons. The smallest absolute Gasteiger partial charge is 0.243 e. The molecule has 0 atom stereocenters. The number of hydrogen-bond donors (Lipinski definition) is 1. The van der Waals surface area contributed by atoms with Crippen LogP contribution in [0.1, 0.15) is 5.69 Å². The molecule has 1 fully saturated rings. The van der Waals surface area contributed by atoms with Crippen LogP contribution in [0.4, 0.5) is 11.6 Å². The van der Waals surface area contributed by atoms with Crippen LogP contribution in [0.15, 0.2) is 47.6 Å². The van der Waals surface area contributed by atoms with Gasteiger partial charge >= 0.3 is 0 Å². The monoisotopic (exact) mass is 414 g/mol. The highest BCUT2D eigenvalue weighted by Crippen LogP contribution is 2.23. The topological polar surface area (TPSA) is 102 Å². The standard InChI is InChI=1S/C19H22N6O3S/c1-14-17(13-24(2)23-14)18-7-8-20-19(22-18)21-15-3-5-16(6-4-15)29(26,27)25-9-11-28-12-10-25/h3-8,13H,9-12H2,1-2H3,(H,20,21,22). The lowest BCUT2D eigenvalue weighted by Gasteiger charge is -2.26. The molecule has 1 aliphatic heterocycles. The second-order valence-electron chi connectivity index (χ2n) is 6.73. The highest BCUT2D eigenvalue weighted by Gasteiger charge is 2.26. The number of sulfonamides is 1. The number of morpholine rings is 1. The summed E-state index contributed by atoms with van der Waals surface area (Å²) in [5.74, 6) is 0.425. The van der Waals surface area contributed by atoms with Crippen molar-refractivity contribution in [3.8, 4) is 11.3 Å². The number of nitrogens with one attached hydrogen (secondary N) is 1. The third-order valence-corrected chi connectivity index (χ3v) is 6.58. The van der Waals surface area contributed by atoms with Crippen LogP contribution >= 0.6 is 0 Å². The minimum Gasteiger partial charge on any atom is -0.379 e. The Morgan fingerprint density at radius 3 is 2.48 bits per heavy atom. The Morgan fingerprint density at radius 2 is 1.83 bits per heavy atom. The van der Waals surface area contributed by atoms with E-state index in [-0.39, 0.29) is 4.90 Å². The van der Waals surface area contributed by atoms with Crippen LogP contribution in [0.5, 0.6) is 0 Å². The van der Waals surface area contributed by atoms with Crippen molar-refractivity contribution in [3.63, 3.8) is 0 Å². The lowest BCUT2D eigenvalue weighted by Crippen LogP contribution is -2.40. The van der Waals surface area contributed by atoms with Crippen molar-refractivity contribution in [2.75, 3.05) is 31.6 Å². The molecule has 4 rings (SSSR count). The molecule has 1 saturated heterocycles. The van der Waals surface area contributed by atoms with Crippen LogP contribution in [0.25, 0.3) is 11.3 Å². The van der Waals surface area contributed by atoms with Crippen LogP contribution < -0.4 is 5.32 Å². The van der Waals surface area contributed by atoms with Gasteiger partial charge in [-0.15, -0.1) is 0 Å². The van der Waals surface area contributed by atoms with E-state index in [0.29, 0.717) is 37.9 Å². The summed E-state index contributed by atoms with van der Waals surface area (Å²) in [4.78, 5) is 9.05. The molecular formula is C19H22N6O3S. The number of aryl methyl sites for hydroxylation is 2. The molecule has 0 radical (unpaired) electrons. The molecule has 10 heteroatoms. The maximum absolute atomic E-state index is 12.7. The second-order valence-corrected chi connectivity index (χ2v) is 8.67. The van der Waals surface area contributed by atoms with Gasteiger partial charge in [-0.3, -0.25) is 4.68 Å². The molecule has 9 nitrogen and oxygen atoms in total. The zero-order chi connectivity index (χ0) is 20.4. The fraction of sp³-hybridized carbons (Fsp3) is 0.316. The van der Waals surface area contributed by atoms with Crippen molar-refractivity contribution < 1.29 is 13.2 Å². The van der Waals surface area contributed by atoms with E-state index in [9.17, 15) is 8.42 Å². The van der Waals surface area contributed by atoms with Gasteiger partial charge in [-0.05, 0) is 37.3 Å². The highest BCUT2D eigenvalue weighted by molar-refractivity contribution is 7.89. The van der Waals surface area contributed by atoms with Gasteiger partial charge in [-0.2, -0.15) is 9.40 Å². The van der Waals surface area contributed by atoms with E-state index in [1.165, 1.54) is 4.31 Å². The Labute approximate surface area is 169 Å². The normalized spacial score (nSPS) is 15.4. The van der Waals surface area contributed by atoms with Gasteiger partial charge in [0.2, 0.25) is 16.0 Å².